The van der Waals surface area contributed by atoms with E-state index < -0.39 is 4.92 Å². The van der Waals surface area contributed by atoms with Crippen molar-refractivity contribution in [1.29, 1.82) is 0 Å². The maximum atomic E-state index is 11.1. The molecule has 2 heterocycles. The van der Waals surface area contributed by atoms with Gasteiger partial charge in [-0.3, -0.25) is 5.43 Å². The lowest BCUT2D eigenvalue weighted by Gasteiger charge is -2.30. The molecular weight excluding hydrogens is 452 g/mol. The van der Waals surface area contributed by atoms with Crippen LogP contribution in [0.5, 0.6) is 0 Å². The Morgan fingerprint density at radius 3 is 2.74 bits per heavy atom. The fraction of sp³-hybridized carbons (Fsp3) is 0.208. The van der Waals surface area contributed by atoms with Crippen molar-refractivity contribution in [3.8, 4) is 0 Å². The Balaban J connectivity index is 1.37. The number of rotatable bonds is 7. The molecule has 0 bridgehead atoms. The van der Waals surface area contributed by atoms with Crippen molar-refractivity contribution in [3.63, 3.8) is 0 Å². The van der Waals surface area contributed by atoms with E-state index in [1.807, 2.05) is 42.5 Å². The quantitative estimate of drug-likeness (QED) is 0.232. The zero-order valence-corrected chi connectivity index (χ0v) is 19.2. The monoisotopic (exact) mass is 476 g/mol. The van der Waals surface area contributed by atoms with Crippen LogP contribution in [-0.2, 0) is 13.0 Å². The third-order valence-corrected chi connectivity index (χ3v) is 5.78. The van der Waals surface area contributed by atoms with E-state index >= 15 is 0 Å². The van der Waals surface area contributed by atoms with Crippen molar-refractivity contribution in [2.24, 2.45) is 5.10 Å². The molecule has 0 saturated heterocycles. The first-order valence-electron chi connectivity index (χ1n) is 10.8. The molecule has 1 aliphatic rings. The average molecular weight is 477 g/mol. The maximum absolute atomic E-state index is 11.1. The molecule has 0 saturated carbocycles. The number of para-hydroxylation sites is 1. The average Bonchev–Trinajstić information content (AvgIpc) is 3.26. The first-order chi connectivity index (χ1) is 16.6. The van der Waals surface area contributed by atoms with Crippen LogP contribution < -0.4 is 10.3 Å². The van der Waals surface area contributed by atoms with Crippen molar-refractivity contribution in [3.05, 3.63) is 87.4 Å². The highest BCUT2D eigenvalue weighted by atomic mass is 32.1. The minimum absolute atomic E-state index is 0.100. The molecule has 2 aromatic carbocycles. The first-order valence-corrected chi connectivity index (χ1v) is 11.2. The molecule has 3 aromatic rings. The number of hydrogen-bond acceptors (Lipinski definition) is 6. The smallest absolute Gasteiger partial charge is 0.343 e. The van der Waals surface area contributed by atoms with Gasteiger partial charge in [0.05, 0.1) is 12.8 Å². The number of nitrogens with zero attached hydrogens (tertiary/aromatic N) is 5. The third-order valence-electron chi connectivity index (χ3n) is 5.47. The van der Waals surface area contributed by atoms with E-state index in [9.17, 15) is 15.2 Å². The van der Waals surface area contributed by atoms with E-state index in [0.29, 0.717) is 10.9 Å². The van der Waals surface area contributed by atoms with Crippen LogP contribution in [0, 0.1) is 10.1 Å². The number of aromatic nitrogens is 2. The first kappa shape index (κ1) is 23.3. The third kappa shape index (κ3) is 5.36. The lowest BCUT2D eigenvalue weighted by molar-refractivity contribution is -0.392. The number of nitrogens with one attached hydrogen (secondary N) is 1. The fourth-order valence-electron chi connectivity index (χ4n) is 3.82. The maximum Gasteiger partial charge on any atom is 0.343 e. The van der Waals surface area contributed by atoms with Crippen LogP contribution in [0.25, 0.3) is 12.2 Å². The van der Waals surface area contributed by atoms with Crippen LogP contribution in [0.15, 0.2) is 59.8 Å². The van der Waals surface area contributed by atoms with Gasteiger partial charge in [0.15, 0.2) is 5.11 Å². The summed E-state index contributed by atoms with van der Waals surface area (Å²) in [6, 6.07) is 15.9. The molecule has 2 N–H and O–H groups in total. The van der Waals surface area contributed by atoms with Crippen molar-refractivity contribution in [2.45, 2.75) is 19.4 Å². The molecule has 0 aliphatic carbocycles. The predicted molar refractivity (Wildman–Crippen MR) is 137 cm³/mol. The number of hydrazone groups is 1. The van der Waals surface area contributed by atoms with Crippen LogP contribution >= 0.6 is 12.2 Å². The number of aliphatic hydroxyl groups excluding tert-OH is 1. The molecule has 10 heteroatoms. The number of imidazole rings is 1. The normalized spacial score (nSPS) is 13.4. The van der Waals surface area contributed by atoms with Gasteiger partial charge in [-0.05, 0) is 58.8 Å². The molecule has 34 heavy (non-hydrogen) atoms. The summed E-state index contributed by atoms with van der Waals surface area (Å²) in [4.78, 5) is 16.7. The number of hydrogen-bond donors (Lipinski definition) is 2. The van der Waals surface area contributed by atoms with Crippen molar-refractivity contribution in [2.75, 3.05) is 18.1 Å². The summed E-state index contributed by atoms with van der Waals surface area (Å²) in [6.45, 7) is 0.746. The van der Waals surface area contributed by atoms with Gasteiger partial charge in [-0.2, -0.15) is 5.10 Å². The Morgan fingerprint density at radius 1 is 1.21 bits per heavy atom. The number of anilines is 1. The second-order valence-electron chi connectivity index (χ2n) is 7.67. The molecule has 0 radical (unpaired) electrons. The largest absolute Gasteiger partial charge is 0.392 e. The van der Waals surface area contributed by atoms with Crippen LogP contribution in [0.3, 0.4) is 0 Å². The number of aryl methyl sites for hydroxylation is 1. The predicted octanol–water partition coefficient (Wildman–Crippen LogP) is 3.62. The zero-order chi connectivity index (χ0) is 23.9. The Labute approximate surface area is 202 Å². The highest BCUT2D eigenvalue weighted by Gasteiger charge is 2.19. The van der Waals surface area contributed by atoms with Gasteiger partial charge in [-0.1, -0.05) is 42.5 Å². The number of fused-ring (bicyclic) bond motifs is 1. The minimum atomic E-state index is -0.516. The second kappa shape index (κ2) is 10.8. The summed E-state index contributed by atoms with van der Waals surface area (Å²) in [5.74, 6) is 0.252. The molecule has 0 amide bonds. The molecule has 9 nitrogen and oxygen atoms in total. The van der Waals surface area contributed by atoms with E-state index in [1.165, 1.54) is 16.3 Å². The summed E-state index contributed by atoms with van der Waals surface area (Å²) in [5, 5.41) is 25.1. The number of aliphatic hydroxyl groups is 1. The van der Waals surface area contributed by atoms with E-state index in [4.69, 9.17) is 12.2 Å². The van der Waals surface area contributed by atoms with E-state index in [0.717, 1.165) is 36.2 Å². The standard InChI is InChI=1S/C24H24N6O3S/c31-15-14-29-22(25-17-23(29)30(32)33)12-11-18-7-9-19(10-8-18)16-26-27-24(34)28-13-3-5-20-4-1-2-6-21(20)28/h1-2,4,6-12,16-17,31H,3,5,13-15H2,(H,27,34)/b12-11+,26-16+. The van der Waals surface area contributed by atoms with Gasteiger partial charge in [0.25, 0.3) is 0 Å². The molecule has 174 valence electrons. The number of nitro groups is 1. The van der Waals surface area contributed by atoms with Gasteiger partial charge in [0.2, 0.25) is 5.82 Å². The van der Waals surface area contributed by atoms with E-state index in [-0.39, 0.29) is 19.0 Å². The minimum Gasteiger partial charge on any atom is -0.392 e. The lowest BCUT2D eigenvalue weighted by atomic mass is 10.0. The molecule has 0 unspecified atom stereocenters. The fourth-order valence-corrected chi connectivity index (χ4v) is 4.06. The van der Waals surface area contributed by atoms with Gasteiger partial charge >= 0.3 is 5.82 Å². The van der Waals surface area contributed by atoms with Gasteiger partial charge in [-0.15, -0.1) is 0 Å². The van der Waals surface area contributed by atoms with Gasteiger partial charge in [0, 0.05) is 18.3 Å². The van der Waals surface area contributed by atoms with Gasteiger partial charge in [0.1, 0.15) is 12.7 Å². The molecule has 0 spiro atoms. The molecule has 1 aromatic heterocycles. The van der Waals surface area contributed by atoms with Crippen molar-refractivity contribution < 1.29 is 10.0 Å². The molecule has 1 aliphatic heterocycles. The SMILES string of the molecule is O=[N+]([O-])c1cnc(/C=C/c2ccc(/C=N/NC(=S)N3CCCc4ccccc43)cc2)n1CCO. The van der Waals surface area contributed by atoms with E-state index in [2.05, 4.69) is 32.5 Å². The molecular formula is C24H24N6O3S. The van der Waals surface area contributed by atoms with Crippen LogP contribution in [0.2, 0.25) is 0 Å². The molecule has 4 rings (SSSR count). The Bertz CT molecular complexity index is 1240. The van der Waals surface area contributed by atoms with Crippen LogP contribution in [0.4, 0.5) is 11.5 Å². The van der Waals surface area contributed by atoms with E-state index in [1.54, 1.807) is 12.3 Å². The summed E-state index contributed by atoms with van der Waals surface area (Å²) in [6.07, 6.45) is 8.48. The highest BCUT2D eigenvalue weighted by Crippen LogP contribution is 2.26. The van der Waals surface area contributed by atoms with Crippen LogP contribution in [0.1, 0.15) is 28.9 Å². The highest BCUT2D eigenvalue weighted by molar-refractivity contribution is 7.80. The van der Waals surface area contributed by atoms with Gasteiger partial charge in [-0.25, -0.2) is 9.55 Å². The second-order valence-corrected chi connectivity index (χ2v) is 8.05. The lowest BCUT2D eigenvalue weighted by Crippen LogP contribution is -2.40. The van der Waals surface area contributed by atoms with Gasteiger partial charge < -0.3 is 20.1 Å². The zero-order valence-electron chi connectivity index (χ0n) is 18.4. The Hall–Kier alpha value is -3.89. The van der Waals surface area contributed by atoms with Crippen molar-refractivity contribution in [1.82, 2.24) is 15.0 Å². The molecule has 0 fully saturated rings. The topological polar surface area (TPSA) is 109 Å². The Kier molecular flexibility index (Phi) is 7.41. The summed E-state index contributed by atoms with van der Waals surface area (Å²) >= 11 is 5.54. The summed E-state index contributed by atoms with van der Waals surface area (Å²) < 4.78 is 1.37. The van der Waals surface area contributed by atoms with Crippen molar-refractivity contribution >= 4 is 47.2 Å². The summed E-state index contributed by atoms with van der Waals surface area (Å²) in [7, 11) is 0. The molecule has 0 atom stereocenters. The summed E-state index contributed by atoms with van der Waals surface area (Å²) in [5.41, 5.74) is 7.16. The number of benzene rings is 2. The Morgan fingerprint density at radius 2 is 1.97 bits per heavy atom. The number of thiocarbonyl (C=S) groups is 1. The van der Waals surface area contributed by atoms with Crippen LogP contribution in [-0.4, -0.2) is 44.1 Å².